The predicted octanol–water partition coefficient (Wildman–Crippen LogP) is 1.97. The van der Waals surface area contributed by atoms with Gasteiger partial charge >= 0.3 is 0 Å². The third-order valence-electron chi connectivity index (χ3n) is 2.65. The fraction of sp³-hybridized carbons (Fsp3) is 0.429. The SMILES string of the molecule is CCNC(C)(C)C(=O)Nc1ccc(NC(C)=O)cc1. The van der Waals surface area contributed by atoms with Gasteiger partial charge in [0.25, 0.3) is 0 Å². The predicted molar refractivity (Wildman–Crippen MR) is 77.1 cm³/mol. The summed E-state index contributed by atoms with van der Waals surface area (Å²) < 4.78 is 0. The van der Waals surface area contributed by atoms with Crippen molar-refractivity contribution in [1.82, 2.24) is 5.32 Å². The summed E-state index contributed by atoms with van der Waals surface area (Å²) in [5, 5.41) is 8.62. The summed E-state index contributed by atoms with van der Waals surface area (Å²) in [4.78, 5) is 22.9. The molecule has 0 saturated heterocycles. The minimum absolute atomic E-state index is 0.0957. The van der Waals surface area contributed by atoms with Crippen molar-refractivity contribution in [3.63, 3.8) is 0 Å². The topological polar surface area (TPSA) is 70.2 Å². The van der Waals surface area contributed by atoms with E-state index in [2.05, 4.69) is 16.0 Å². The third kappa shape index (κ3) is 4.71. The number of benzene rings is 1. The summed E-state index contributed by atoms with van der Waals surface area (Å²) in [5.74, 6) is -0.216. The average molecular weight is 263 g/mol. The van der Waals surface area contributed by atoms with Crippen LogP contribution < -0.4 is 16.0 Å². The van der Waals surface area contributed by atoms with Gasteiger partial charge in [-0.15, -0.1) is 0 Å². The van der Waals surface area contributed by atoms with E-state index >= 15 is 0 Å². The molecule has 3 N–H and O–H groups in total. The van der Waals surface area contributed by atoms with Gasteiger partial charge in [0.2, 0.25) is 11.8 Å². The van der Waals surface area contributed by atoms with Crippen LogP contribution in [0.4, 0.5) is 11.4 Å². The highest BCUT2D eigenvalue weighted by Gasteiger charge is 2.25. The molecule has 0 atom stereocenters. The number of anilines is 2. The molecule has 0 unspecified atom stereocenters. The van der Waals surface area contributed by atoms with Crippen LogP contribution in [0.15, 0.2) is 24.3 Å². The Balaban J connectivity index is 2.67. The van der Waals surface area contributed by atoms with Crippen molar-refractivity contribution in [3.05, 3.63) is 24.3 Å². The first-order valence-electron chi connectivity index (χ1n) is 6.29. The molecule has 0 aliphatic rings. The van der Waals surface area contributed by atoms with Gasteiger partial charge in [0.05, 0.1) is 5.54 Å². The number of hydrogen-bond donors (Lipinski definition) is 3. The number of hydrogen-bond acceptors (Lipinski definition) is 3. The first-order chi connectivity index (χ1) is 8.85. The second kappa shape index (κ2) is 6.33. The zero-order valence-electron chi connectivity index (χ0n) is 11.8. The van der Waals surface area contributed by atoms with Gasteiger partial charge in [-0.05, 0) is 44.7 Å². The van der Waals surface area contributed by atoms with E-state index < -0.39 is 5.54 Å². The number of carbonyl (C=O) groups excluding carboxylic acids is 2. The summed E-state index contributed by atoms with van der Waals surface area (Å²) in [6.45, 7) is 7.79. The fourth-order valence-corrected chi connectivity index (χ4v) is 1.65. The lowest BCUT2D eigenvalue weighted by Crippen LogP contribution is -2.49. The Morgan fingerprint density at radius 1 is 1.05 bits per heavy atom. The van der Waals surface area contributed by atoms with E-state index in [0.29, 0.717) is 11.4 Å². The molecule has 0 aliphatic carbocycles. The molecule has 0 fully saturated rings. The quantitative estimate of drug-likeness (QED) is 0.760. The van der Waals surface area contributed by atoms with Gasteiger partial charge in [-0.25, -0.2) is 0 Å². The van der Waals surface area contributed by atoms with Crippen molar-refractivity contribution in [2.24, 2.45) is 0 Å². The zero-order valence-corrected chi connectivity index (χ0v) is 11.8. The summed E-state index contributed by atoms with van der Waals surface area (Å²) in [5.41, 5.74) is 0.784. The highest BCUT2D eigenvalue weighted by Crippen LogP contribution is 2.15. The molecule has 1 rings (SSSR count). The lowest BCUT2D eigenvalue weighted by Gasteiger charge is -2.24. The van der Waals surface area contributed by atoms with Crippen LogP contribution in [0.5, 0.6) is 0 Å². The molecule has 1 aromatic carbocycles. The van der Waals surface area contributed by atoms with Gasteiger partial charge in [0, 0.05) is 18.3 Å². The monoisotopic (exact) mass is 263 g/mol. The zero-order chi connectivity index (χ0) is 14.5. The number of carbonyl (C=O) groups is 2. The normalized spacial score (nSPS) is 10.9. The van der Waals surface area contributed by atoms with Gasteiger partial charge < -0.3 is 16.0 Å². The summed E-state index contributed by atoms with van der Waals surface area (Å²) in [7, 11) is 0. The second-order valence-electron chi connectivity index (χ2n) is 4.87. The maximum Gasteiger partial charge on any atom is 0.244 e. The lowest BCUT2D eigenvalue weighted by atomic mass is 10.0. The van der Waals surface area contributed by atoms with E-state index in [1.54, 1.807) is 24.3 Å². The van der Waals surface area contributed by atoms with Crippen molar-refractivity contribution in [2.75, 3.05) is 17.2 Å². The Morgan fingerprint density at radius 3 is 1.95 bits per heavy atom. The van der Waals surface area contributed by atoms with Crippen LogP contribution in [-0.4, -0.2) is 23.9 Å². The smallest absolute Gasteiger partial charge is 0.244 e. The van der Waals surface area contributed by atoms with E-state index in [9.17, 15) is 9.59 Å². The number of nitrogens with one attached hydrogen (secondary N) is 3. The van der Waals surface area contributed by atoms with E-state index in [4.69, 9.17) is 0 Å². The summed E-state index contributed by atoms with van der Waals surface area (Å²) in [6.07, 6.45) is 0. The Bertz CT molecular complexity index is 452. The molecule has 0 heterocycles. The minimum atomic E-state index is -0.620. The maximum atomic E-state index is 12.0. The van der Waals surface area contributed by atoms with Gasteiger partial charge in [-0.3, -0.25) is 9.59 Å². The van der Waals surface area contributed by atoms with Crippen LogP contribution in [-0.2, 0) is 9.59 Å². The molecule has 0 spiro atoms. The number of rotatable bonds is 5. The van der Waals surface area contributed by atoms with Gasteiger partial charge in [0.1, 0.15) is 0 Å². The largest absolute Gasteiger partial charge is 0.326 e. The van der Waals surface area contributed by atoms with Crippen molar-refractivity contribution in [3.8, 4) is 0 Å². The van der Waals surface area contributed by atoms with Crippen LogP contribution in [0, 0.1) is 0 Å². The van der Waals surface area contributed by atoms with E-state index in [1.807, 2.05) is 20.8 Å². The summed E-state index contributed by atoms with van der Waals surface area (Å²) in [6, 6.07) is 7.00. The number of amides is 2. The van der Waals surface area contributed by atoms with Crippen molar-refractivity contribution < 1.29 is 9.59 Å². The molecule has 5 heteroatoms. The molecule has 1 aromatic rings. The maximum absolute atomic E-state index is 12.0. The fourth-order valence-electron chi connectivity index (χ4n) is 1.65. The Labute approximate surface area is 113 Å². The van der Waals surface area contributed by atoms with Gasteiger partial charge in [-0.2, -0.15) is 0 Å². The summed E-state index contributed by atoms with van der Waals surface area (Å²) >= 11 is 0. The molecule has 0 aromatic heterocycles. The molecule has 2 amide bonds. The first kappa shape index (κ1) is 15.2. The minimum Gasteiger partial charge on any atom is -0.326 e. The van der Waals surface area contributed by atoms with Gasteiger partial charge in [0.15, 0.2) is 0 Å². The number of likely N-dealkylation sites (N-methyl/N-ethyl adjacent to an activating group) is 1. The Hall–Kier alpha value is -1.88. The second-order valence-corrected chi connectivity index (χ2v) is 4.87. The molecule has 0 bridgehead atoms. The van der Waals surface area contributed by atoms with Crippen molar-refractivity contribution in [1.29, 1.82) is 0 Å². The molecule has 0 aliphatic heterocycles. The van der Waals surface area contributed by atoms with Gasteiger partial charge in [-0.1, -0.05) is 6.92 Å². The average Bonchev–Trinajstić information content (AvgIpc) is 2.30. The van der Waals surface area contributed by atoms with E-state index in [0.717, 1.165) is 6.54 Å². The highest BCUT2D eigenvalue weighted by molar-refractivity contribution is 5.97. The first-order valence-corrected chi connectivity index (χ1v) is 6.29. The molecular weight excluding hydrogens is 242 g/mol. The highest BCUT2D eigenvalue weighted by atomic mass is 16.2. The Morgan fingerprint density at radius 2 is 1.53 bits per heavy atom. The molecule has 0 saturated carbocycles. The van der Waals surface area contributed by atoms with E-state index in [1.165, 1.54) is 6.92 Å². The molecule has 19 heavy (non-hydrogen) atoms. The van der Waals surface area contributed by atoms with Crippen LogP contribution in [0.25, 0.3) is 0 Å². The van der Waals surface area contributed by atoms with Crippen LogP contribution in [0.3, 0.4) is 0 Å². The van der Waals surface area contributed by atoms with Crippen LogP contribution in [0.1, 0.15) is 27.7 Å². The third-order valence-corrected chi connectivity index (χ3v) is 2.65. The van der Waals surface area contributed by atoms with E-state index in [-0.39, 0.29) is 11.8 Å². The Kier molecular flexibility index (Phi) is 5.06. The standard InChI is InChI=1S/C14H21N3O2/c1-5-15-14(3,4)13(19)17-12-8-6-11(7-9-12)16-10(2)18/h6-9,15H,5H2,1-4H3,(H,16,18)(H,17,19). The molecular formula is C14H21N3O2. The molecule has 5 nitrogen and oxygen atoms in total. The van der Waals surface area contributed by atoms with Crippen molar-refractivity contribution in [2.45, 2.75) is 33.2 Å². The van der Waals surface area contributed by atoms with Crippen LogP contribution in [0.2, 0.25) is 0 Å². The molecule has 104 valence electrons. The lowest BCUT2D eigenvalue weighted by molar-refractivity contribution is -0.121. The molecule has 0 radical (unpaired) electrons. The van der Waals surface area contributed by atoms with Crippen LogP contribution >= 0.6 is 0 Å². The van der Waals surface area contributed by atoms with Crippen molar-refractivity contribution >= 4 is 23.2 Å².